The molecule has 4 rings (SSSR count). The van der Waals surface area contributed by atoms with E-state index in [0.717, 1.165) is 61.5 Å². The van der Waals surface area contributed by atoms with Crippen LogP contribution in [-0.2, 0) is 16.0 Å². The number of benzene rings is 2. The molecule has 0 spiro atoms. The van der Waals surface area contributed by atoms with Crippen LogP contribution >= 0.6 is 0 Å². The minimum absolute atomic E-state index is 0.0333. The zero-order valence-electron chi connectivity index (χ0n) is 18.6. The molecule has 0 bridgehead atoms. The number of ether oxygens (including phenoxy) is 3. The molecule has 32 heavy (non-hydrogen) atoms. The molecule has 2 N–H and O–H groups in total. The number of amides is 1. The maximum atomic E-state index is 11.6. The second kappa shape index (κ2) is 10.7. The second-order valence-electron chi connectivity index (χ2n) is 8.44. The van der Waals surface area contributed by atoms with Crippen molar-refractivity contribution in [3.63, 3.8) is 0 Å². The molecule has 2 heterocycles. The summed E-state index contributed by atoms with van der Waals surface area (Å²) in [6, 6.07) is 11.1. The van der Waals surface area contributed by atoms with E-state index in [-0.39, 0.29) is 17.8 Å². The fourth-order valence-corrected chi connectivity index (χ4v) is 4.10. The Morgan fingerprint density at radius 1 is 1.12 bits per heavy atom. The Morgan fingerprint density at radius 2 is 2.03 bits per heavy atom. The Bertz CT molecular complexity index is 933. The van der Waals surface area contributed by atoms with E-state index in [0.29, 0.717) is 26.2 Å². The largest absolute Gasteiger partial charge is 0.508 e. The fourth-order valence-electron chi connectivity index (χ4n) is 4.10. The highest BCUT2D eigenvalue weighted by Gasteiger charge is 2.22. The number of rotatable bonds is 10. The maximum Gasteiger partial charge on any atom is 0.224 e. The Hall–Kier alpha value is -2.77. The minimum Gasteiger partial charge on any atom is -0.508 e. The van der Waals surface area contributed by atoms with E-state index in [1.165, 1.54) is 5.56 Å². The molecule has 7 nitrogen and oxygen atoms in total. The third-order valence-corrected chi connectivity index (χ3v) is 5.95. The van der Waals surface area contributed by atoms with Crippen molar-refractivity contribution in [1.29, 1.82) is 0 Å². The molecule has 0 fully saturated rings. The van der Waals surface area contributed by atoms with Crippen molar-refractivity contribution in [2.75, 3.05) is 45.3 Å². The Balaban J connectivity index is 1.11. The standard InChI is InChI=1S/C25H32N2O5/c1-27(12-15-32-24-10-14-31-23-8-6-19(28)16-21(23)24)11-2-3-13-30-20-7-4-18-5-9-25(29)26-22(18)17-20/h4,6-8,16-17,24,28H,2-3,5,9-15H2,1H3,(H,26,29)/t24-/m0/s1. The molecule has 1 atom stereocenters. The summed E-state index contributed by atoms with van der Waals surface area (Å²) in [4.78, 5) is 13.8. The first-order chi connectivity index (χ1) is 15.6. The molecule has 2 aromatic rings. The second-order valence-corrected chi connectivity index (χ2v) is 8.44. The van der Waals surface area contributed by atoms with Gasteiger partial charge in [-0.25, -0.2) is 0 Å². The molecule has 7 heteroatoms. The predicted molar refractivity (Wildman–Crippen MR) is 123 cm³/mol. The lowest BCUT2D eigenvalue weighted by molar-refractivity contribution is -0.116. The number of hydrogen-bond acceptors (Lipinski definition) is 6. The number of fused-ring (bicyclic) bond motifs is 2. The third kappa shape index (κ3) is 5.93. The Labute approximate surface area is 189 Å². The van der Waals surface area contributed by atoms with E-state index in [2.05, 4.69) is 17.3 Å². The van der Waals surface area contributed by atoms with Crippen LogP contribution in [0.4, 0.5) is 5.69 Å². The zero-order valence-corrected chi connectivity index (χ0v) is 18.6. The normalized spacial score (nSPS) is 17.3. The number of nitrogens with one attached hydrogen (secondary N) is 1. The van der Waals surface area contributed by atoms with Crippen LogP contribution < -0.4 is 14.8 Å². The van der Waals surface area contributed by atoms with Gasteiger partial charge in [0.05, 0.1) is 25.9 Å². The lowest BCUT2D eigenvalue weighted by Crippen LogP contribution is -2.26. The molecule has 0 saturated heterocycles. The van der Waals surface area contributed by atoms with Crippen LogP contribution in [0.15, 0.2) is 36.4 Å². The van der Waals surface area contributed by atoms with Gasteiger partial charge in [0.2, 0.25) is 5.91 Å². The number of phenolic OH excluding ortho intramolecular Hbond substituents is 1. The van der Waals surface area contributed by atoms with Crippen molar-refractivity contribution in [1.82, 2.24) is 4.90 Å². The van der Waals surface area contributed by atoms with E-state index in [1.807, 2.05) is 18.2 Å². The smallest absolute Gasteiger partial charge is 0.224 e. The number of anilines is 1. The number of carbonyl (C=O) groups excluding carboxylic acids is 1. The fraction of sp³-hybridized carbons (Fsp3) is 0.480. The summed E-state index contributed by atoms with van der Waals surface area (Å²) in [6.45, 7) is 3.73. The van der Waals surface area contributed by atoms with E-state index < -0.39 is 0 Å². The topological polar surface area (TPSA) is 80.3 Å². The van der Waals surface area contributed by atoms with Gasteiger partial charge in [0.15, 0.2) is 0 Å². The number of carbonyl (C=O) groups is 1. The van der Waals surface area contributed by atoms with Crippen LogP contribution in [0, 0.1) is 0 Å². The minimum atomic E-state index is -0.0333. The number of unbranched alkanes of at least 4 members (excludes halogenated alkanes) is 1. The number of aromatic hydroxyl groups is 1. The summed E-state index contributed by atoms with van der Waals surface area (Å²) in [5.74, 6) is 1.91. The van der Waals surface area contributed by atoms with Crippen LogP contribution in [0.25, 0.3) is 0 Å². The molecule has 2 aliphatic heterocycles. The monoisotopic (exact) mass is 440 g/mol. The molecule has 172 valence electrons. The van der Waals surface area contributed by atoms with Gasteiger partial charge >= 0.3 is 0 Å². The highest BCUT2D eigenvalue weighted by Crippen LogP contribution is 2.36. The van der Waals surface area contributed by atoms with Gasteiger partial charge in [0, 0.05) is 36.7 Å². The zero-order chi connectivity index (χ0) is 22.3. The maximum absolute atomic E-state index is 11.6. The third-order valence-electron chi connectivity index (χ3n) is 5.95. The molecule has 0 aliphatic carbocycles. The van der Waals surface area contributed by atoms with E-state index in [1.54, 1.807) is 18.2 Å². The number of likely N-dealkylation sites (N-methyl/N-ethyl adjacent to an activating group) is 1. The Kier molecular flexibility index (Phi) is 7.50. The summed E-state index contributed by atoms with van der Waals surface area (Å²) < 4.78 is 17.6. The van der Waals surface area contributed by atoms with Crippen molar-refractivity contribution in [2.45, 2.75) is 38.2 Å². The molecule has 1 amide bonds. The van der Waals surface area contributed by atoms with Gasteiger partial charge in [-0.2, -0.15) is 0 Å². The summed E-state index contributed by atoms with van der Waals surface area (Å²) in [5.41, 5.74) is 2.97. The van der Waals surface area contributed by atoms with Crippen molar-refractivity contribution >= 4 is 11.6 Å². The first kappa shape index (κ1) is 22.4. The molecule has 0 aromatic heterocycles. The van der Waals surface area contributed by atoms with Gasteiger partial charge in [0.1, 0.15) is 17.2 Å². The first-order valence-electron chi connectivity index (χ1n) is 11.4. The number of aryl methyl sites for hydroxylation is 1. The highest BCUT2D eigenvalue weighted by molar-refractivity contribution is 5.94. The molecule has 0 saturated carbocycles. The SMILES string of the molecule is CN(CCCCOc1ccc2c(c1)NC(=O)CC2)CCO[C@H]1CCOc2ccc(O)cc21. The lowest BCUT2D eigenvalue weighted by atomic mass is 10.0. The van der Waals surface area contributed by atoms with Gasteiger partial charge < -0.3 is 29.5 Å². The van der Waals surface area contributed by atoms with E-state index >= 15 is 0 Å². The van der Waals surface area contributed by atoms with Gasteiger partial charge in [0.25, 0.3) is 0 Å². The first-order valence-corrected chi connectivity index (χ1v) is 11.4. The molecule has 2 aliphatic rings. The van der Waals surface area contributed by atoms with E-state index in [9.17, 15) is 9.90 Å². The van der Waals surface area contributed by atoms with Crippen LogP contribution in [0.2, 0.25) is 0 Å². The summed E-state index contributed by atoms with van der Waals surface area (Å²) in [7, 11) is 2.10. The molecular weight excluding hydrogens is 408 g/mol. The van der Waals surface area contributed by atoms with Crippen molar-refractivity contribution in [3.8, 4) is 17.2 Å². The van der Waals surface area contributed by atoms with Gasteiger partial charge in [-0.3, -0.25) is 4.79 Å². The van der Waals surface area contributed by atoms with E-state index in [4.69, 9.17) is 14.2 Å². The summed E-state index contributed by atoms with van der Waals surface area (Å²) in [6.07, 6.45) is 4.10. The predicted octanol–water partition coefficient (Wildman–Crippen LogP) is 3.91. The Morgan fingerprint density at radius 3 is 2.94 bits per heavy atom. The van der Waals surface area contributed by atoms with Gasteiger partial charge in [-0.15, -0.1) is 0 Å². The van der Waals surface area contributed by atoms with Crippen molar-refractivity contribution in [2.24, 2.45) is 0 Å². The van der Waals surface area contributed by atoms with Crippen LogP contribution in [-0.4, -0.2) is 55.9 Å². The quantitative estimate of drug-likeness (QED) is 0.546. The molecule has 0 radical (unpaired) electrons. The lowest BCUT2D eigenvalue weighted by Gasteiger charge is -2.27. The van der Waals surface area contributed by atoms with Crippen molar-refractivity contribution in [3.05, 3.63) is 47.5 Å². The van der Waals surface area contributed by atoms with Crippen LogP contribution in [0.1, 0.15) is 42.9 Å². The van der Waals surface area contributed by atoms with Gasteiger partial charge in [-0.1, -0.05) is 6.07 Å². The summed E-state index contributed by atoms with van der Waals surface area (Å²) in [5, 5.41) is 12.7. The number of phenols is 1. The molecule has 2 aromatic carbocycles. The highest BCUT2D eigenvalue weighted by atomic mass is 16.5. The number of hydrogen-bond donors (Lipinski definition) is 2. The van der Waals surface area contributed by atoms with Crippen LogP contribution in [0.5, 0.6) is 17.2 Å². The molecule has 0 unspecified atom stereocenters. The number of nitrogens with zero attached hydrogens (tertiary/aromatic N) is 1. The van der Waals surface area contributed by atoms with Crippen LogP contribution in [0.3, 0.4) is 0 Å². The summed E-state index contributed by atoms with van der Waals surface area (Å²) >= 11 is 0. The van der Waals surface area contributed by atoms with Crippen molar-refractivity contribution < 1.29 is 24.1 Å². The molecular formula is C25H32N2O5. The average Bonchev–Trinajstić information content (AvgIpc) is 2.79. The van der Waals surface area contributed by atoms with Gasteiger partial charge in [-0.05, 0) is 62.7 Å². The average molecular weight is 441 g/mol.